The first-order valence-corrected chi connectivity index (χ1v) is 5.94. The molecule has 0 spiro atoms. The molecule has 1 heterocycles. The fourth-order valence-electron chi connectivity index (χ4n) is 1.50. The van der Waals surface area contributed by atoms with Gasteiger partial charge in [0.25, 0.3) is 0 Å². The molecular weight excluding hydrogens is 220 g/mol. The molecule has 0 atom stereocenters. The third-order valence-electron chi connectivity index (χ3n) is 2.27. The van der Waals surface area contributed by atoms with Crippen LogP contribution in [0, 0.1) is 6.92 Å². The highest BCUT2D eigenvalue weighted by atomic mass is 32.2. The number of hydrogen-bond acceptors (Lipinski definition) is 4. The zero-order chi connectivity index (χ0) is 11.4. The van der Waals surface area contributed by atoms with E-state index in [9.17, 15) is 0 Å². The Morgan fingerprint density at radius 2 is 2.31 bits per heavy atom. The van der Waals surface area contributed by atoms with Crippen molar-refractivity contribution in [1.29, 1.82) is 0 Å². The minimum Gasteiger partial charge on any atom is -0.330 e. The standard InChI is InChI=1S/C11H14N4S/c1-8-6-9(4-5-12)2-3-10(8)16-11-13-7-14-15-11/h2-3,6-7H,4-5,12H2,1H3,(H,13,14,15). The summed E-state index contributed by atoms with van der Waals surface area (Å²) >= 11 is 1.59. The van der Waals surface area contributed by atoms with Crippen molar-refractivity contribution in [3.63, 3.8) is 0 Å². The van der Waals surface area contributed by atoms with Crippen LogP contribution in [0.25, 0.3) is 0 Å². The van der Waals surface area contributed by atoms with Gasteiger partial charge in [0, 0.05) is 4.90 Å². The molecule has 0 bridgehead atoms. The maximum absolute atomic E-state index is 5.53. The van der Waals surface area contributed by atoms with Crippen LogP contribution < -0.4 is 5.73 Å². The number of aromatic nitrogens is 3. The first-order valence-electron chi connectivity index (χ1n) is 5.12. The van der Waals surface area contributed by atoms with Gasteiger partial charge in [-0.3, -0.25) is 5.10 Å². The minimum absolute atomic E-state index is 0.689. The second-order valence-corrected chi connectivity index (χ2v) is 4.56. The number of rotatable bonds is 4. The number of nitrogens with zero attached hydrogens (tertiary/aromatic N) is 2. The summed E-state index contributed by atoms with van der Waals surface area (Å²) in [4.78, 5) is 5.28. The van der Waals surface area contributed by atoms with Gasteiger partial charge >= 0.3 is 0 Å². The van der Waals surface area contributed by atoms with E-state index in [0.717, 1.165) is 11.6 Å². The Hall–Kier alpha value is -1.33. The van der Waals surface area contributed by atoms with Crippen molar-refractivity contribution in [2.24, 2.45) is 5.73 Å². The molecule has 1 aromatic carbocycles. The summed E-state index contributed by atoms with van der Waals surface area (Å²) in [6.07, 6.45) is 2.44. The topological polar surface area (TPSA) is 67.6 Å². The Morgan fingerprint density at radius 1 is 1.44 bits per heavy atom. The second-order valence-electron chi connectivity index (χ2n) is 3.53. The average molecular weight is 234 g/mol. The quantitative estimate of drug-likeness (QED) is 0.846. The molecule has 0 aliphatic heterocycles. The molecule has 0 fully saturated rings. The Kier molecular flexibility index (Phi) is 3.58. The highest BCUT2D eigenvalue weighted by Crippen LogP contribution is 2.27. The normalized spacial score (nSPS) is 10.6. The van der Waals surface area contributed by atoms with Gasteiger partial charge in [0.05, 0.1) is 0 Å². The summed E-state index contributed by atoms with van der Waals surface area (Å²) in [5.74, 6) is 0. The fourth-order valence-corrected chi connectivity index (χ4v) is 2.26. The third-order valence-corrected chi connectivity index (χ3v) is 3.34. The summed E-state index contributed by atoms with van der Waals surface area (Å²) in [5, 5.41) is 7.47. The summed E-state index contributed by atoms with van der Waals surface area (Å²) in [7, 11) is 0. The van der Waals surface area contributed by atoms with Crippen molar-refractivity contribution in [2.75, 3.05) is 6.54 Å². The predicted molar refractivity (Wildman–Crippen MR) is 64.4 cm³/mol. The van der Waals surface area contributed by atoms with Gasteiger partial charge < -0.3 is 5.73 Å². The van der Waals surface area contributed by atoms with Crippen LogP contribution >= 0.6 is 11.8 Å². The molecule has 0 radical (unpaired) electrons. The van der Waals surface area contributed by atoms with Crippen LogP contribution in [0.1, 0.15) is 11.1 Å². The van der Waals surface area contributed by atoms with Gasteiger partial charge in [-0.05, 0) is 37.1 Å². The van der Waals surface area contributed by atoms with Crippen LogP contribution in [0.15, 0.2) is 34.6 Å². The van der Waals surface area contributed by atoms with Gasteiger partial charge in [0.1, 0.15) is 6.33 Å². The molecule has 16 heavy (non-hydrogen) atoms. The lowest BCUT2D eigenvalue weighted by atomic mass is 10.1. The van der Waals surface area contributed by atoms with E-state index >= 15 is 0 Å². The number of aryl methyl sites for hydroxylation is 1. The Labute approximate surface area is 98.7 Å². The monoisotopic (exact) mass is 234 g/mol. The average Bonchev–Trinajstić information content (AvgIpc) is 2.75. The zero-order valence-corrected chi connectivity index (χ0v) is 9.92. The largest absolute Gasteiger partial charge is 0.330 e. The van der Waals surface area contributed by atoms with Gasteiger partial charge in [-0.25, -0.2) is 4.98 Å². The number of nitrogens with one attached hydrogen (secondary N) is 1. The smallest absolute Gasteiger partial charge is 0.188 e. The highest BCUT2D eigenvalue weighted by molar-refractivity contribution is 7.99. The number of nitrogens with two attached hydrogens (primary N) is 1. The second kappa shape index (κ2) is 5.14. The van der Waals surface area contributed by atoms with Crippen molar-refractivity contribution in [2.45, 2.75) is 23.4 Å². The maximum atomic E-state index is 5.53. The van der Waals surface area contributed by atoms with Crippen molar-refractivity contribution in [1.82, 2.24) is 15.2 Å². The molecule has 3 N–H and O–H groups in total. The van der Waals surface area contributed by atoms with E-state index in [1.54, 1.807) is 11.8 Å². The number of aromatic amines is 1. The SMILES string of the molecule is Cc1cc(CCN)ccc1Sc1ncn[nH]1. The molecule has 84 valence electrons. The Morgan fingerprint density at radius 3 is 2.94 bits per heavy atom. The van der Waals surface area contributed by atoms with E-state index in [2.05, 4.69) is 40.3 Å². The summed E-state index contributed by atoms with van der Waals surface area (Å²) in [6.45, 7) is 2.78. The first-order chi connectivity index (χ1) is 7.79. The van der Waals surface area contributed by atoms with E-state index in [1.807, 2.05) is 0 Å². The molecule has 4 nitrogen and oxygen atoms in total. The lowest BCUT2D eigenvalue weighted by Gasteiger charge is -2.05. The van der Waals surface area contributed by atoms with Crippen molar-refractivity contribution in [3.05, 3.63) is 35.7 Å². The van der Waals surface area contributed by atoms with Crippen LogP contribution in [0.2, 0.25) is 0 Å². The molecule has 0 saturated heterocycles. The summed E-state index contributed by atoms with van der Waals surface area (Å²) in [6, 6.07) is 6.39. The van der Waals surface area contributed by atoms with E-state index in [1.165, 1.54) is 22.3 Å². The van der Waals surface area contributed by atoms with Crippen LogP contribution in [0.4, 0.5) is 0 Å². The summed E-state index contributed by atoms with van der Waals surface area (Å²) in [5.41, 5.74) is 8.05. The zero-order valence-electron chi connectivity index (χ0n) is 9.10. The van der Waals surface area contributed by atoms with E-state index in [0.29, 0.717) is 6.54 Å². The van der Waals surface area contributed by atoms with Gasteiger partial charge in [-0.15, -0.1) is 0 Å². The van der Waals surface area contributed by atoms with E-state index in [-0.39, 0.29) is 0 Å². The molecule has 5 heteroatoms. The van der Waals surface area contributed by atoms with E-state index < -0.39 is 0 Å². The fraction of sp³-hybridized carbons (Fsp3) is 0.273. The van der Waals surface area contributed by atoms with E-state index in [4.69, 9.17) is 5.73 Å². The lowest BCUT2D eigenvalue weighted by molar-refractivity contribution is 0.959. The molecule has 0 amide bonds. The molecule has 2 aromatic rings. The molecule has 0 aliphatic rings. The van der Waals surface area contributed by atoms with Crippen LogP contribution in [-0.4, -0.2) is 21.7 Å². The number of H-pyrrole nitrogens is 1. The van der Waals surface area contributed by atoms with Crippen molar-refractivity contribution >= 4 is 11.8 Å². The predicted octanol–water partition coefficient (Wildman–Crippen LogP) is 1.77. The van der Waals surface area contributed by atoms with Gasteiger partial charge in [-0.2, -0.15) is 5.10 Å². The molecular formula is C11H14N4S. The van der Waals surface area contributed by atoms with Gasteiger partial charge in [0.2, 0.25) is 0 Å². The third kappa shape index (κ3) is 2.62. The van der Waals surface area contributed by atoms with Crippen molar-refractivity contribution < 1.29 is 0 Å². The Balaban J connectivity index is 2.16. The van der Waals surface area contributed by atoms with Crippen molar-refractivity contribution in [3.8, 4) is 0 Å². The lowest BCUT2D eigenvalue weighted by Crippen LogP contribution is -2.02. The molecule has 0 unspecified atom stereocenters. The van der Waals surface area contributed by atoms with Gasteiger partial charge in [0.15, 0.2) is 5.16 Å². The summed E-state index contributed by atoms with van der Waals surface area (Å²) < 4.78 is 0. The van der Waals surface area contributed by atoms with Crippen LogP contribution in [0.5, 0.6) is 0 Å². The number of benzene rings is 1. The van der Waals surface area contributed by atoms with Gasteiger partial charge in [-0.1, -0.05) is 23.9 Å². The van der Waals surface area contributed by atoms with Crippen LogP contribution in [0.3, 0.4) is 0 Å². The maximum Gasteiger partial charge on any atom is 0.188 e. The molecule has 2 rings (SSSR count). The van der Waals surface area contributed by atoms with Crippen LogP contribution in [-0.2, 0) is 6.42 Å². The Bertz CT molecular complexity index is 453. The molecule has 1 aromatic heterocycles. The molecule has 0 aliphatic carbocycles. The minimum atomic E-state index is 0.689. The number of hydrogen-bond donors (Lipinski definition) is 2. The first kappa shape index (κ1) is 11.2. The molecule has 0 saturated carbocycles. The highest BCUT2D eigenvalue weighted by Gasteiger charge is 2.04.